The van der Waals surface area contributed by atoms with Crippen LogP contribution < -0.4 is 5.32 Å². The van der Waals surface area contributed by atoms with Crippen molar-refractivity contribution in [3.8, 4) is 0 Å². The number of rotatable bonds is 4. The highest BCUT2D eigenvalue weighted by Crippen LogP contribution is 2.37. The van der Waals surface area contributed by atoms with E-state index in [-0.39, 0.29) is 6.09 Å². The summed E-state index contributed by atoms with van der Waals surface area (Å²) in [5.74, 6) is 2.00. The van der Waals surface area contributed by atoms with Gasteiger partial charge in [-0.25, -0.2) is 4.79 Å². The van der Waals surface area contributed by atoms with Gasteiger partial charge >= 0.3 is 6.09 Å². The van der Waals surface area contributed by atoms with Crippen LogP contribution in [-0.4, -0.2) is 53.3 Å². The van der Waals surface area contributed by atoms with E-state index in [1.807, 2.05) is 25.7 Å². The summed E-state index contributed by atoms with van der Waals surface area (Å²) in [4.78, 5) is 13.9. The van der Waals surface area contributed by atoms with Crippen LogP contribution in [0.2, 0.25) is 0 Å². The van der Waals surface area contributed by atoms with E-state index >= 15 is 0 Å². The van der Waals surface area contributed by atoms with Crippen molar-refractivity contribution in [3.63, 3.8) is 0 Å². The van der Waals surface area contributed by atoms with Crippen LogP contribution in [0.15, 0.2) is 0 Å². The number of ether oxygens (including phenoxy) is 1. The minimum Gasteiger partial charge on any atom is -0.444 e. The summed E-state index contributed by atoms with van der Waals surface area (Å²) in [6, 6.07) is 0. The lowest BCUT2D eigenvalue weighted by atomic mass is 9.96. The summed E-state index contributed by atoms with van der Waals surface area (Å²) in [6.07, 6.45) is 4.69. The lowest BCUT2D eigenvalue weighted by Crippen LogP contribution is -2.44. The van der Waals surface area contributed by atoms with E-state index in [0.717, 1.165) is 39.0 Å². The molecule has 0 aromatic rings. The lowest BCUT2D eigenvalue weighted by molar-refractivity contribution is 0.0184. The van der Waals surface area contributed by atoms with Gasteiger partial charge in [-0.1, -0.05) is 0 Å². The largest absolute Gasteiger partial charge is 0.444 e. The van der Waals surface area contributed by atoms with E-state index in [9.17, 15) is 4.79 Å². The van der Waals surface area contributed by atoms with Crippen molar-refractivity contribution < 1.29 is 9.53 Å². The topological polar surface area (TPSA) is 41.6 Å². The normalized spacial score (nSPS) is 27.2. The first-order valence-electron chi connectivity index (χ1n) is 8.60. The van der Waals surface area contributed by atoms with Gasteiger partial charge in [0.15, 0.2) is 0 Å². The predicted octanol–water partition coefficient (Wildman–Crippen LogP) is 3.51. The molecule has 1 unspecified atom stereocenters. The molecule has 0 aliphatic carbocycles. The van der Waals surface area contributed by atoms with Crippen molar-refractivity contribution >= 4 is 17.9 Å². The van der Waals surface area contributed by atoms with Gasteiger partial charge in [0.2, 0.25) is 0 Å². The number of nitrogens with zero attached hydrogens (tertiary/aromatic N) is 1. The highest BCUT2D eigenvalue weighted by Gasteiger charge is 2.30. The third-order valence-electron chi connectivity index (χ3n) is 4.50. The van der Waals surface area contributed by atoms with Crippen molar-refractivity contribution in [3.05, 3.63) is 0 Å². The summed E-state index contributed by atoms with van der Waals surface area (Å²) < 4.78 is 5.88. The van der Waals surface area contributed by atoms with Gasteiger partial charge in [0.05, 0.1) is 0 Å². The van der Waals surface area contributed by atoms with Gasteiger partial charge in [-0.3, -0.25) is 0 Å². The summed E-state index contributed by atoms with van der Waals surface area (Å²) >= 11 is 2.11. The molecule has 2 heterocycles. The first-order valence-corrected chi connectivity index (χ1v) is 9.59. The second kappa shape index (κ2) is 7.43. The first kappa shape index (κ1) is 17.9. The number of likely N-dealkylation sites (tertiary alicyclic amines) is 1. The molecule has 0 radical (unpaired) electrons. The third-order valence-corrected chi connectivity index (χ3v) is 6.04. The predicted molar refractivity (Wildman–Crippen MR) is 93.5 cm³/mol. The Morgan fingerprint density at radius 3 is 2.59 bits per heavy atom. The SMILES string of the molecule is CC(C)(C)OC(=O)N1CCC(CNCC2(C)CCCS2)CC1. The zero-order valence-corrected chi connectivity index (χ0v) is 15.4. The number of hydrogen-bond acceptors (Lipinski definition) is 4. The fourth-order valence-electron chi connectivity index (χ4n) is 3.16. The Morgan fingerprint density at radius 1 is 1.36 bits per heavy atom. The highest BCUT2D eigenvalue weighted by molar-refractivity contribution is 8.00. The zero-order valence-electron chi connectivity index (χ0n) is 14.6. The van der Waals surface area contributed by atoms with Gasteiger partial charge in [-0.15, -0.1) is 0 Å². The minimum absolute atomic E-state index is 0.159. The molecule has 22 heavy (non-hydrogen) atoms. The van der Waals surface area contributed by atoms with Crippen LogP contribution in [0.5, 0.6) is 0 Å². The molecule has 2 saturated heterocycles. The van der Waals surface area contributed by atoms with Crippen molar-refractivity contribution in [2.24, 2.45) is 5.92 Å². The van der Waals surface area contributed by atoms with Crippen LogP contribution in [0.25, 0.3) is 0 Å². The molecule has 0 aromatic carbocycles. The Morgan fingerprint density at radius 2 is 2.05 bits per heavy atom. The Labute approximate surface area is 139 Å². The number of carbonyl (C=O) groups is 1. The van der Waals surface area contributed by atoms with E-state index in [1.54, 1.807) is 0 Å². The molecular formula is C17H32N2O2S. The minimum atomic E-state index is -0.399. The fraction of sp³-hybridized carbons (Fsp3) is 0.941. The van der Waals surface area contributed by atoms with Gasteiger partial charge in [-0.05, 0) is 71.6 Å². The third kappa shape index (κ3) is 5.65. The summed E-state index contributed by atoms with van der Waals surface area (Å²) in [6.45, 7) is 12.0. The summed E-state index contributed by atoms with van der Waals surface area (Å²) in [5.41, 5.74) is -0.399. The van der Waals surface area contributed by atoms with Crippen molar-refractivity contribution in [1.82, 2.24) is 10.2 Å². The van der Waals surface area contributed by atoms with Gasteiger partial charge < -0.3 is 15.0 Å². The van der Waals surface area contributed by atoms with Gasteiger partial charge in [0.25, 0.3) is 0 Å². The van der Waals surface area contributed by atoms with Crippen LogP contribution in [0, 0.1) is 5.92 Å². The molecule has 1 atom stereocenters. The molecule has 5 heteroatoms. The van der Waals surface area contributed by atoms with Crippen molar-refractivity contribution in [2.45, 2.75) is 63.7 Å². The number of nitrogens with one attached hydrogen (secondary N) is 1. The molecule has 4 nitrogen and oxygen atoms in total. The molecule has 2 fully saturated rings. The van der Waals surface area contributed by atoms with E-state index in [4.69, 9.17) is 4.74 Å². The van der Waals surface area contributed by atoms with Gasteiger partial charge in [-0.2, -0.15) is 11.8 Å². The molecular weight excluding hydrogens is 296 g/mol. The monoisotopic (exact) mass is 328 g/mol. The van der Waals surface area contributed by atoms with E-state index in [2.05, 4.69) is 24.0 Å². The Hall–Kier alpha value is -0.420. The zero-order chi connectivity index (χ0) is 16.2. The molecule has 0 aromatic heterocycles. The number of thioether (sulfide) groups is 1. The van der Waals surface area contributed by atoms with E-state index in [1.165, 1.54) is 18.6 Å². The average molecular weight is 329 g/mol. The lowest BCUT2D eigenvalue weighted by Gasteiger charge is -2.34. The second-order valence-electron chi connectivity index (χ2n) is 7.94. The molecule has 0 saturated carbocycles. The van der Waals surface area contributed by atoms with Crippen molar-refractivity contribution in [2.75, 3.05) is 31.9 Å². The fourth-order valence-corrected chi connectivity index (χ4v) is 4.44. The van der Waals surface area contributed by atoms with Crippen molar-refractivity contribution in [1.29, 1.82) is 0 Å². The molecule has 1 amide bonds. The smallest absolute Gasteiger partial charge is 0.410 e. The first-order chi connectivity index (χ1) is 10.3. The van der Waals surface area contributed by atoms with Crippen LogP contribution in [0.1, 0.15) is 53.4 Å². The summed E-state index contributed by atoms with van der Waals surface area (Å²) in [7, 11) is 0. The molecule has 2 aliphatic rings. The Bertz CT molecular complexity index is 367. The maximum absolute atomic E-state index is 12.0. The molecule has 2 rings (SSSR count). The molecule has 0 spiro atoms. The van der Waals surface area contributed by atoms with Gasteiger partial charge in [0.1, 0.15) is 5.60 Å². The summed E-state index contributed by atoms with van der Waals surface area (Å²) in [5, 5.41) is 3.66. The molecule has 2 aliphatic heterocycles. The van der Waals surface area contributed by atoms with Crippen LogP contribution in [-0.2, 0) is 4.74 Å². The Balaban J connectivity index is 1.63. The molecule has 1 N–H and O–H groups in total. The molecule has 128 valence electrons. The second-order valence-corrected chi connectivity index (χ2v) is 9.63. The standard InChI is InChI=1S/C17H32N2O2S/c1-16(2,3)21-15(20)19-9-6-14(7-10-19)12-18-13-17(4)8-5-11-22-17/h14,18H,5-13H2,1-4H3. The number of carbonyl (C=O) groups excluding carboxylic acids is 1. The van der Waals surface area contributed by atoms with Gasteiger partial charge in [0, 0.05) is 24.4 Å². The quantitative estimate of drug-likeness (QED) is 0.857. The van der Waals surface area contributed by atoms with E-state index in [0.29, 0.717) is 10.7 Å². The number of piperidine rings is 1. The average Bonchev–Trinajstić information content (AvgIpc) is 2.84. The maximum atomic E-state index is 12.0. The number of hydrogen-bond donors (Lipinski definition) is 1. The highest BCUT2D eigenvalue weighted by atomic mass is 32.2. The maximum Gasteiger partial charge on any atom is 0.410 e. The number of amides is 1. The van der Waals surface area contributed by atoms with Crippen LogP contribution in [0.4, 0.5) is 4.79 Å². The molecule has 0 bridgehead atoms. The van der Waals surface area contributed by atoms with E-state index < -0.39 is 5.60 Å². The van der Waals surface area contributed by atoms with Crippen LogP contribution in [0.3, 0.4) is 0 Å². The Kier molecular flexibility index (Phi) is 6.06. The van der Waals surface area contributed by atoms with Crippen LogP contribution >= 0.6 is 11.8 Å².